The number of carboxylic acid groups (broad SMARTS) is 1. The molecule has 0 bridgehead atoms. The molecule has 0 radical (unpaired) electrons. The smallest absolute Gasteiger partial charge is 0.404 e. The lowest BCUT2D eigenvalue weighted by molar-refractivity contribution is 0.191. The third-order valence-electron chi connectivity index (χ3n) is 3.34. The standard InChI is InChI=1S/C17H20N6O2/c1-10-4-11(2)21-16(5-10)23-14-6-13(9-20-15(14)7-18)19-8-12(3)22-17(24)25/h4-6,9,12,19,22H,8H2,1-3H3,(H,21,23)(H,24,25)/t12-/m0/s1. The number of nitrogens with one attached hydrogen (secondary N) is 3. The highest BCUT2D eigenvalue weighted by atomic mass is 16.4. The maximum atomic E-state index is 10.6. The Labute approximate surface area is 145 Å². The molecule has 4 N–H and O–H groups in total. The molecule has 1 amide bonds. The molecular weight excluding hydrogens is 320 g/mol. The fourth-order valence-electron chi connectivity index (χ4n) is 2.32. The molecule has 0 aliphatic heterocycles. The molecule has 0 unspecified atom stereocenters. The van der Waals surface area contributed by atoms with Gasteiger partial charge in [-0.1, -0.05) is 0 Å². The molecule has 8 nitrogen and oxygen atoms in total. The first-order valence-corrected chi connectivity index (χ1v) is 7.73. The summed E-state index contributed by atoms with van der Waals surface area (Å²) in [5, 5.41) is 26.5. The van der Waals surface area contributed by atoms with Crippen molar-refractivity contribution in [1.29, 1.82) is 5.26 Å². The van der Waals surface area contributed by atoms with Crippen molar-refractivity contribution >= 4 is 23.3 Å². The van der Waals surface area contributed by atoms with Gasteiger partial charge in [0.25, 0.3) is 0 Å². The van der Waals surface area contributed by atoms with Crippen molar-refractivity contribution in [3.63, 3.8) is 0 Å². The lowest BCUT2D eigenvalue weighted by Gasteiger charge is -2.15. The first-order chi connectivity index (χ1) is 11.9. The lowest BCUT2D eigenvalue weighted by Crippen LogP contribution is -2.36. The van der Waals surface area contributed by atoms with E-state index in [1.54, 1.807) is 13.0 Å². The Kier molecular flexibility index (Phi) is 5.74. The molecule has 0 saturated carbocycles. The molecule has 0 aromatic carbocycles. The van der Waals surface area contributed by atoms with Crippen molar-refractivity contribution in [2.45, 2.75) is 26.8 Å². The van der Waals surface area contributed by atoms with E-state index in [1.165, 1.54) is 6.20 Å². The van der Waals surface area contributed by atoms with E-state index >= 15 is 0 Å². The summed E-state index contributed by atoms with van der Waals surface area (Å²) in [7, 11) is 0. The molecule has 0 aliphatic carbocycles. The molecule has 0 fully saturated rings. The Hall–Kier alpha value is -3.34. The third kappa shape index (κ3) is 5.35. The van der Waals surface area contributed by atoms with E-state index in [2.05, 4.69) is 25.9 Å². The summed E-state index contributed by atoms with van der Waals surface area (Å²) in [4.78, 5) is 19.1. The minimum atomic E-state index is -1.07. The fraction of sp³-hybridized carbons (Fsp3) is 0.294. The summed E-state index contributed by atoms with van der Waals surface area (Å²) in [5.74, 6) is 0.633. The summed E-state index contributed by atoms with van der Waals surface area (Å²) >= 11 is 0. The average Bonchev–Trinajstić information content (AvgIpc) is 2.51. The highest BCUT2D eigenvalue weighted by molar-refractivity contribution is 5.67. The van der Waals surface area contributed by atoms with Crippen molar-refractivity contribution in [1.82, 2.24) is 15.3 Å². The van der Waals surface area contributed by atoms with Crippen LogP contribution in [0.25, 0.3) is 0 Å². The van der Waals surface area contributed by atoms with Crippen LogP contribution < -0.4 is 16.0 Å². The maximum absolute atomic E-state index is 10.6. The number of aromatic nitrogens is 2. The minimum Gasteiger partial charge on any atom is -0.465 e. The van der Waals surface area contributed by atoms with E-state index in [9.17, 15) is 10.1 Å². The van der Waals surface area contributed by atoms with Crippen LogP contribution >= 0.6 is 0 Å². The summed E-state index contributed by atoms with van der Waals surface area (Å²) < 4.78 is 0. The van der Waals surface area contributed by atoms with Crippen LogP contribution in [0.3, 0.4) is 0 Å². The minimum absolute atomic E-state index is 0.253. The third-order valence-corrected chi connectivity index (χ3v) is 3.34. The van der Waals surface area contributed by atoms with E-state index in [1.807, 2.05) is 32.0 Å². The molecule has 2 heterocycles. The van der Waals surface area contributed by atoms with Crippen LogP contribution in [-0.2, 0) is 0 Å². The number of hydrogen-bond acceptors (Lipinski definition) is 6. The monoisotopic (exact) mass is 340 g/mol. The number of nitrogens with zero attached hydrogens (tertiary/aromatic N) is 3. The van der Waals surface area contributed by atoms with Crippen molar-refractivity contribution in [3.8, 4) is 6.07 Å². The number of aryl methyl sites for hydroxylation is 2. The number of nitriles is 1. The first-order valence-electron chi connectivity index (χ1n) is 7.73. The number of carbonyl (C=O) groups is 1. The molecule has 0 saturated heterocycles. The molecule has 8 heteroatoms. The van der Waals surface area contributed by atoms with E-state index in [4.69, 9.17) is 5.11 Å². The first kappa shape index (κ1) is 18.0. The predicted octanol–water partition coefficient (Wildman–Crippen LogP) is 2.78. The Balaban J connectivity index is 2.16. The van der Waals surface area contributed by atoms with E-state index in [0.29, 0.717) is 23.7 Å². The van der Waals surface area contributed by atoms with Gasteiger partial charge in [-0.25, -0.2) is 14.8 Å². The zero-order chi connectivity index (χ0) is 18.4. The van der Waals surface area contributed by atoms with Gasteiger partial charge in [0.2, 0.25) is 0 Å². The van der Waals surface area contributed by atoms with Crippen LogP contribution in [0.1, 0.15) is 23.9 Å². The Morgan fingerprint density at radius 1 is 1.36 bits per heavy atom. The van der Waals surface area contributed by atoms with Gasteiger partial charge in [-0.3, -0.25) is 0 Å². The van der Waals surface area contributed by atoms with Gasteiger partial charge >= 0.3 is 6.09 Å². The van der Waals surface area contributed by atoms with Gasteiger partial charge in [0, 0.05) is 18.3 Å². The number of pyridine rings is 2. The molecule has 0 aliphatic rings. The molecule has 2 aromatic rings. The van der Waals surface area contributed by atoms with Crippen molar-refractivity contribution in [2.75, 3.05) is 17.2 Å². The number of anilines is 3. The fourth-order valence-corrected chi connectivity index (χ4v) is 2.32. The Morgan fingerprint density at radius 3 is 2.76 bits per heavy atom. The van der Waals surface area contributed by atoms with Gasteiger partial charge in [-0.2, -0.15) is 5.26 Å². The summed E-state index contributed by atoms with van der Waals surface area (Å²) in [5.41, 5.74) is 3.39. The van der Waals surface area contributed by atoms with E-state index in [0.717, 1.165) is 11.3 Å². The van der Waals surface area contributed by atoms with Crippen LogP contribution in [0.2, 0.25) is 0 Å². The number of hydrogen-bond donors (Lipinski definition) is 4. The normalized spacial score (nSPS) is 11.3. The second-order valence-corrected chi connectivity index (χ2v) is 5.76. The van der Waals surface area contributed by atoms with Crippen molar-refractivity contribution in [3.05, 3.63) is 41.3 Å². The van der Waals surface area contributed by atoms with Gasteiger partial charge in [-0.05, 0) is 44.5 Å². The second kappa shape index (κ2) is 7.97. The molecule has 2 rings (SSSR count). The lowest BCUT2D eigenvalue weighted by atomic mass is 10.2. The van der Waals surface area contributed by atoms with Crippen LogP contribution in [0, 0.1) is 25.2 Å². The highest BCUT2D eigenvalue weighted by Gasteiger charge is 2.09. The summed E-state index contributed by atoms with van der Waals surface area (Å²) in [6.07, 6.45) is 0.460. The highest BCUT2D eigenvalue weighted by Crippen LogP contribution is 2.22. The molecule has 130 valence electrons. The topological polar surface area (TPSA) is 123 Å². The van der Waals surface area contributed by atoms with Crippen molar-refractivity contribution in [2.24, 2.45) is 0 Å². The SMILES string of the molecule is Cc1cc(C)nc(Nc2cc(NC[C@H](C)NC(=O)O)cnc2C#N)c1. The van der Waals surface area contributed by atoms with Gasteiger partial charge in [0.05, 0.1) is 17.6 Å². The number of rotatable bonds is 6. The van der Waals surface area contributed by atoms with Crippen LogP contribution in [0.15, 0.2) is 24.4 Å². The molecule has 1 atom stereocenters. The Bertz CT molecular complexity index is 795. The largest absolute Gasteiger partial charge is 0.465 e. The average molecular weight is 340 g/mol. The summed E-state index contributed by atoms with van der Waals surface area (Å²) in [6.45, 7) is 6.01. The van der Waals surface area contributed by atoms with Crippen molar-refractivity contribution < 1.29 is 9.90 Å². The molecular formula is C17H20N6O2. The molecule has 2 aromatic heterocycles. The molecule has 25 heavy (non-hydrogen) atoms. The zero-order valence-electron chi connectivity index (χ0n) is 14.3. The van der Waals surface area contributed by atoms with Crippen LogP contribution in [0.4, 0.5) is 22.0 Å². The molecule has 0 spiro atoms. The quantitative estimate of drug-likeness (QED) is 0.637. The van der Waals surface area contributed by atoms with E-state index in [-0.39, 0.29) is 11.7 Å². The predicted molar refractivity (Wildman–Crippen MR) is 95.1 cm³/mol. The van der Waals surface area contributed by atoms with E-state index < -0.39 is 6.09 Å². The van der Waals surface area contributed by atoms with Gasteiger partial charge in [-0.15, -0.1) is 0 Å². The van der Waals surface area contributed by atoms with Gasteiger partial charge < -0.3 is 21.1 Å². The zero-order valence-corrected chi connectivity index (χ0v) is 14.3. The van der Waals surface area contributed by atoms with Crippen LogP contribution in [0.5, 0.6) is 0 Å². The van der Waals surface area contributed by atoms with Gasteiger partial charge in [0.15, 0.2) is 5.69 Å². The van der Waals surface area contributed by atoms with Crippen LogP contribution in [-0.4, -0.2) is 33.8 Å². The maximum Gasteiger partial charge on any atom is 0.404 e. The number of amides is 1. The second-order valence-electron chi connectivity index (χ2n) is 5.76. The summed E-state index contributed by atoms with van der Waals surface area (Å²) in [6, 6.07) is 7.36. The Morgan fingerprint density at radius 2 is 2.12 bits per heavy atom. The van der Waals surface area contributed by atoms with Gasteiger partial charge in [0.1, 0.15) is 11.9 Å².